The van der Waals surface area contributed by atoms with Gasteiger partial charge < -0.3 is 45.1 Å². The first kappa shape index (κ1) is 54.9. The third-order valence-electron chi connectivity index (χ3n) is 12.1. The molecule has 9 atom stereocenters. The van der Waals surface area contributed by atoms with Gasteiger partial charge in [-0.1, -0.05) is 85.2 Å². The predicted molar refractivity (Wildman–Crippen MR) is 243 cm³/mol. The van der Waals surface area contributed by atoms with Crippen LogP contribution in [0.25, 0.3) is 0 Å². The summed E-state index contributed by atoms with van der Waals surface area (Å²) in [7, 11) is 6.57. The standard InChI is InChI=1S/C47H80N6O10/c1-15-31(6)40(52(12)44(57)38(29(2)3)50-43(56)39(30(4)5)51(11)25-20-24-48-46(60)63-47(8,9)10)36(61-13)28-37(54)53-26-19-23-35(53)41(62-14)32(7)42(55)49-34(45(58)59)27-33-21-17-16-18-22-33/h16-18,21-22,29-32,34-36,38-41H,15,19-20,23-28H2,1-14H3,(H,48,60)(H,49,55)(H,50,56)(H,58,59)/t31-,32?,34-,35+,36+,38-,39-,40-,41+/m0/s1. The molecule has 1 aromatic carbocycles. The minimum Gasteiger partial charge on any atom is -0.480 e. The van der Waals surface area contributed by atoms with Crippen LogP contribution in [0, 0.1) is 23.7 Å². The van der Waals surface area contributed by atoms with E-state index in [9.17, 15) is 33.9 Å². The number of likely N-dealkylation sites (tertiary alicyclic amines) is 1. The van der Waals surface area contributed by atoms with Gasteiger partial charge in [-0.25, -0.2) is 9.59 Å². The molecule has 63 heavy (non-hydrogen) atoms. The van der Waals surface area contributed by atoms with Gasteiger partial charge in [0.25, 0.3) is 0 Å². The minimum absolute atomic E-state index is 0.0451. The Morgan fingerprint density at radius 3 is 2.06 bits per heavy atom. The number of methoxy groups -OCH3 is 2. The highest BCUT2D eigenvalue weighted by Gasteiger charge is 2.43. The van der Waals surface area contributed by atoms with Gasteiger partial charge >= 0.3 is 12.1 Å². The van der Waals surface area contributed by atoms with Gasteiger partial charge in [-0.15, -0.1) is 0 Å². The monoisotopic (exact) mass is 889 g/mol. The number of carbonyl (C=O) groups is 6. The van der Waals surface area contributed by atoms with Crippen LogP contribution in [-0.4, -0.2) is 151 Å². The van der Waals surface area contributed by atoms with Crippen molar-refractivity contribution in [2.75, 3.05) is 47.9 Å². The number of rotatable bonds is 25. The molecule has 0 saturated carbocycles. The number of ether oxygens (including phenoxy) is 3. The molecule has 1 aliphatic heterocycles. The molecule has 358 valence electrons. The van der Waals surface area contributed by atoms with Crippen LogP contribution < -0.4 is 16.0 Å². The lowest BCUT2D eigenvalue weighted by Gasteiger charge is -2.41. The lowest BCUT2D eigenvalue weighted by atomic mass is 9.89. The zero-order chi connectivity index (χ0) is 47.8. The number of carbonyl (C=O) groups excluding carboxylic acids is 5. The van der Waals surface area contributed by atoms with Gasteiger partial charge in [0.1, 0.15) is 17.7 Å². The van der Waals surface area contributed by atoms with Crippen molar-refractivity contribution in [3.05, 3.63) is 35.9 Å². The van der Waals surface area contributed by atoms with Crippen molar-refractivity contribution in [1.29, 1.82) is 0 Å². The Hall–Kier alpha value is -4.28. The molecule has 0 spiro atoms. The van der Waals surface area contributed by atoms with Crippen molar-refractivity contribution in [1.82, 2.24) is 30.7 Å². The Kier molecular flexibility index (Phi) is 22.5. The minimum atomic E-state index is -1.15. The molecule has 0 bridgehead atoms. The van der Waals surface area contributed by atoms with E-state index in [2.05, 4.69) is 16.0 Å². The molecule has 2 rings (SSSR count). The second kappa shape index (κ2) is 25.9. The van der Waals surface area contributed by atoms with Gasteiger partial charge in [0.05, 0.1) is 42.7 Å². The molecule has 16 nitrogen and oxygen atoms in total. The van der Waals surface area contributed by atoms with Crippen LogP contribution in [0.5, 0.6) is 0 Å². The van der Waals surface area contributed by atoms with Gasteiger partial charge in [-0.3, -0.25) is 24.1 Å². The number of likely N-dealkylation sites (N-methyl/N-ethyl adjacent to an activating group) is 2. The average molecular weight is 889 g/mol. The summed E-state index contributed by atoms with van der Waals surface area (Å²) in [5.41, 5.74) is 0.168. The molecule has 1 fully saturated rings. The summed E-state index contributed by atoms with van der Waals surface area (Å²) in [6, 6.07) is 5.54. The third-order valence-corrected chi connectivity index (χ3v) is 12.1. The SMILES string of the molecule is CC[C@H](C)[C@@H]([C@@H](CC(=O)N1CCC[C@@H]1[C@H](OC)C(C)C(=O)N[C@@H](Cc1ccccc1)C(=O)O)OC)N(C)C(=O)[C@@H](NC(=O)[C@H](C(C)C)N(C)CCCNC(=O)OC(C)(C)C)C(C)C. The maximum absolute atomic E-state index is 14.5. The van der Waals surface area contributed by atoms with Crippen molar-refractivity contribution in [3.8, 4) is 0 Å². The first-order chi connectivity index (χ1) is 29.5. The number of hydrogen-bond donors (Lipinski definition) is 4. The quantitative estimate of drug-likeness (QED) is 0.0992. The van der Waals surface area contributed by atoms with E-state index in [1.807, 2.05) is 83.8 Å². The van der Waals surface area contributed by atoms with Crippen molar-refractivity contribution < 1.29 is 48.1 Å². The summed E-state index contributed by atoms with van der Waals surface area (Å²) < 4.78 is 17.3. The summed E-state index contributed by atoms with van der Waals surface area (Å²) in [6.07, 6.45) is 0.697. The largest absolute Gasteiger partial charge is 0.480 e. The molecule has 1 heterocycles. The molecular formula is C47H80N6O10. The van der Waals surface area contributed by atoms with Gasteiger partial charge in [0.15, 0.2) is 0 Å². The van der Waals surface area contributed by atoms with Crippen molar-refractivity contribution in [3.63, 3.8) is 0 Å². The zero-order valence-corrected chi connectivity index (χ0v) is 40.6. The van der Waals surface area contributed by atoms with Gasteiger partial charge in [-0.2, -0.15) is 0 Å². The van der Waals surface area contributed by atoms with Crippen molar-refractivity contribution in [2.45, 2.75) is 156 Å². The Morgan fingerprint density at radius 1 is 0.905 bits per heavy atom. The number of nitrogens with zero attached hydrogens (tertiary/aromatic N) is 3. The second-order valence-electron chi connectivity index (χ2n) is 18.9. The van der Waals surface area contributed by atoms with E-state index in [1.165, 1.54) is 14.2 Å². The van der Waals surface area contributed by atoms with E-state index in [0.29, 0.717) is 45.3 Å². The normalized spacial score (nSPS) is 18.2. The van der Waals surface area contributed by atoms with E-state index >= 15 is 0 Å². The topological polar surface area (TPSA) is 196 Å². The molecule has 0 radical (unpaired) electrons. The summed E-state index contributed by atoms with van der Waals surface area (Å²) in [5.74, 6) is -3.64. The molecule has 0 aliphatic carbocycles. The third kappa shape index (κ3) is 16.7. The Balaban J connectivity index is 2.23. The predicted octanol–water partition coefficient (Wildman–Crippen LogP) is 4.73. The molecule has 16 heteroatoms. The first-order valence-electron chi connectivity index (χ1n) is 22.7. The summed E-state index contributed by atoms with van der Waals surface area (Å²) in [6.45, 7) is 20.1. The zero-order valence-electron chi connectivity index (χ0n) is 40.6. The van der Waals surface area contributed by atoms with E-state index < -0.39 is 71.9 Å². The maximum atomic E-state index is 14.5. The highest BCUT2D eigenvalue weighted by Crippen LogP contribution is 2.30. The fourth-order valence-corrected chi connectivity index (χ4v) is 8.61. The fourth-order valence-electron chi connectivity index (χ4n) is 8.61. The van der Waals surface area contributed by atoms with Crippen LogP contribution in [0.15, 0.2) is 30.3 Å². The fraction of sp³-hybridized carbons (Fsp3) is 0.745. The number of hydrogen-bond acceptors (Lipinski definition) is 10. The average Bonchev–Trinajstić information content (AvgIpc) is 3.70. The van der Waals surface area contributed by atoms with E-state index in [-0.39, 0.29) is 48.3 Å². The Morgan fingerprint density at radius 2 is 1.54 bits per heavy atom. The van der Waals surface area contributed by atoms with E-state index in [1.54, 1.807) is 44.5 Å². The molecule has 1 saturated heterocycles. The summed E-state index contributed by atoms with van der Waals surface area (Å²) in [5, 5.41) is 18.4. The molecule has 1 unspecified atom stereocenters. The Bertz CT molecular complexity index is 1620. The van der Waals surface area contributed by atoms with Crippen LogP contribution in [0.2, 0.25) is 0 Å². The number of nitrogens with one attached hydrogen (secondary N) is 3. The number of aliphatic carboxylic acids is 1. The first-order valence-corrected chi connectivity index (χ1v) is 22.7. The summed E-state index contributed by atoms with van der Waals surface area (Å²) in [4.78, 5) is 86.0. The molecule has 1 aromatic rings. The lowest BCUT2D eigenvalue weighted by Crippen LogP contribution is -2.60. The van der Waals surface area contributed by atoms with Crippen molar-refractivity contribution in [2.24, 2.45) is 23.7 Å². The molecular weight excluding hydrogens is 809 g/mol. The Labute approximate surface area is 376 Å². The number of carboxylic acids is 1. The van der Waals surface area contributed by atoms with Crippen LogP contribution in [0.4, 0.5) is 4.79 Å². The van der Waals surface area contributed by atoms with E-state index in [4.69, 9.17) is 14.2 Å². The van der Waals surface area contributed by atoms with Crippen LogP contribution >= 0.6 is 0 Å². The number of alkyl carbamates (subject to hydrolysis) is 1. The van der Waals surface area contributed by atoms with Crippen molar-refractivity contribution >= 4 is 35.7 Å². The highest BCUT2D eigenvalue weighted by molar-refractivity contribution is 5.90. The molecule has 1 aliphatic rings. The number of carboxylic acid groups (broad SMARTS) is 1. The summed E-state index contributed by atoms with van der Waals surface area (Å²) >= 11 is 0. The van der Waals surface area contributed by atoms with Gasteiger partial charge in [-0.05, 0) is 70.4 Å². The number of benzene rings is 1. The molecule has 5 amide bonds. The molecule has 0 aromatic heterocycles. The molecule has 4 N–H and O–H groups in total. The van der Waals surface area contributed by atoms with Gasteiger partial charge in [0, 0.05) is 47.3 Å². The van der Waals surface area contributed by atoms with Crippen LogP contribution in [0.3, 0.4) is 0 Å². The van der Waals surface area contributed by atoms with E-state index in [0.717, 1.165) is 5.56 Å². The maximum Gasteiger partial charge on any atom is 0.407 e. The van der Waals surface area contributed by atoms with Crippen LogP contribution in [-0.2, 0) is 44.6 Å². The number of amides is 5. The smallest absolute Gasteiger partial charge is 0.407 e. The van der Waals surface area contributed by atoms with Crippen LogP contribution in [0.1, 0.15) is 107 Å². The lowest BCUT2D eigenvalue weighted by molar-refractivity contribution is -0.148. The second-order valence-corrected chi connectivity index (χ2v) is 18.9. The van der Waals surface area contributed by atoms with Gasteiger partial charge in [0.2, 0.25) is 23.6 Å². The highest BCUT2D eigenvalue weighted by atomic mass is 16.6.